The SMILES string of the molecule is CCCOC(=O)CCN(CCOC)CCOC. The highest BCUT2D eigenvalue weighted by molar-refractivity contribution is 5.69. The zero-order valence-electron chi connectivity index (χ0n) is 11.2. The first-order chi connectivity index (χ1) is 8.24. The average Bonchev–Trinajstić information content (AvgIpc) is 2.35. The molecule has 0 amide bonds. The van der Waals surface area contributed by atoms with Gasteiger partial charge in [-0.2, -0.15) is 0 Å². The maximum atomic E-state index is 11.3. The first kappa shape index (κ1) is 16.4. The summed E-state index contributed by atoms with van der Waals surface area (Å²) in [6.45, 7) is 6.12. The van der Waals surface area contributed by atoms with Gasteiger partial charge in [0, 0.05) is 33.9 Å². The van der Waals surface area contributed by atoms with E-state index in [0.29, 0.717) is 32.8 Å². The van der Waals surface area contributed by atoms with Crippen LogP contribution in [0.15, 0.2) is 0 Å². The maximum Gasteiger partial charge on any atom is 0.307 e. The van der Waals surface area contributed by atoms with Gasteiger partial charge in [-0.05, 0) is 6.42 Å². The number of methoxy groups -OCH3 is 2. The van der Waals surface area contributed by atoms with Gasteiger partial charge in [-0.15, -0.1) is 0 Å². The first-order valence-electron chi connectivity index (χ1n) is 6.10. The predicted molar refractivity (Wildman–Crippen MR) is 66.1 cm³/mol. The Kier molecular flexibility index (Phi) is 11.4. The largest absolute Gasteiger partial charge is 0.466 e. The van der Waals surface area contributed by atoms with Gasteiger partial charge < -0.3 is 14.2 Å². The normalized spacial score (nSPS) is 10.8. The lowest BCUT2D eigenvalue weighted by Gasteiger charge is -2.20. The number of carbonyl (C=O) groups is 1. The molecule has 0 radical (unpaired) electrons. The fourth-order valence-corrected chi connectivity index (χ4v) is 1.31. The molecule has 17 heavy (non-hydrogen) atoms. The number of esters is 1. The Balaban J connectivity index is 3.75. The van der Waals surface area contributed by atoms with Gasteiger partial charge in [0.15, 0.2) is 0 Å². The Morgan fingerprint density at radius 3 is 2.06 bits per heavy atom. The van der Waals surface area contributed by atoms with Crippen molar-refractivity contribution >= 4 is 5.97 Å². The molecule has 0 rings (SSSR count). The molecule has 0 N–H and O–H groups in total. The molecule has 0 bridgehead atoms. The van der Waals surface area contributed by atoms with Crippen LogP contribution >= 0.6 is 0 Å². The van der Waals surface area contributed by atoms with Crippen LogP contribution in [0.2, 0.25) is 0 Å². The summed E-state index contributed by atoms with van der Waals surface area (Å²) in [6.07, 6.45) is 1.29. The minimum atomic E-state index is -0.133. The number of hydrogen-bond acceptors (Lipinski definition) is 5. The number of carbonyl (C=O) groups excluding carboxylic acids is 1. The van der Waals surface area contributed by atoms with Crippen LogP contribution in [0.4, 0.5) is 0 Å². The zero-order chi connectivity index (χ0) is 12.9. The molecule has 5 heteroatoms. The fraction of sp³-hybridized carbons (Fsp3) is 0.917. The molecular formula is C12H25NO4. The maximum absolute atomic E-state index is 11.3. The van der Waals surface area contributed by atoms with Gasteiger partial charge in [-0.3, -0.25) is 9.69 Å². The second-order valence-corrected chi connectivity index (χ2v) is 3.80. The molecule has 0 unspecified atom stereocenters. The smallest absolute Gasteiger partial charge is 0.307 e. The lowest BCUT2D eigenvalue weighted by Crippen LogP contribution is -2.33. The standard InChI is InChI=1S/C12H25NO4/c1-4-9-17-12(14)5-6-13(7-10-15-2)8-11-16-3/h4-11H2,1-3H3. The van der Waals surface area contributed by atoms with Gasteiger partial charge in [0.25, 0.3) is 0 Å². The van der Waals surface area contributed by atoms with Crippen LogP contribution in [0.1, 0.15) is 19.8 Å². The third-order valence-electron chi connectivity index (χ3n) is 2.32. The van der Waals surface area contributed by atoms with Crippen molar-refractivity contribution in [2.24, 2.45) is 0 Å². The molecule has 0 aliphatic heterocycles. The van der Waals surface area contributed by atoms with E-state index >= 15 is 0 Å². The minimum absolute atomic E-state index is 0.133. The van der Waals surface area contributed by atoms with E-state index in [9.17, 15) is 4.79 Å². The number of ether oxygens (including phenoxy) is 3. The molecule has 0 saturated heterocycles. The van der Waals surface area contributed by atoms with Crippen molar-refractivity contribution in [1.29, 1.82) is 0 Å². The summed E-state index contributed by atoms with van der Waals surface area (Å²) in [5.41, 5.74) is 0. The molecule has 0 aliphatic carbocycles. The Hall–Kier alpha value is -0.650. The lowest BCUT2D eigenvalue weighted by atomic mass is 10.3. The summed E-state index contributed by atoms with van der Waals surface area (Å²) in [4.78, 5) is 13.5. The van der Waals surface area contributed by atoms with Crippen LogP contribution in [0.3, 0.4) is 0 Å². The van der Waals surface area contributed by atoms with E-state index in [1.807, 2.05) is 6.92 Å². The van der Waals surface area contributed by atoms with Crippen molar-refractivity contribution in [3.63, 3.8) is 0 Å². The molecule has 0 saturated carbocycles. The predicted octanol–water partition coefficient (Wildman–Crippen LogP) is 0.925. The fourth-order valence-electron chi connectivity index (χ4n) is 1.31. The topological polar surface area (TPSA) is 48.0 Å². The van der Waals surface area contributed by atoms with Gasteiger partial charge in [0.2, 0.25) is 0 Å². The quantitative estimate of drug-likeness (QED) is 0.508. The van der Waals surface area contributed by atoms with Crippen LogP contribution in [0.25, 0.3) is 0 Å². The zero-order valence-corrected chi connectivity index (χ0v) is 11.2. The van der Waals surface area contributed by atoms with E-state index in [1.54, 1.807) is 14.2 Å². The summed E-state index contributed by atoms with van der Waals surface area (Å²) in [7, 11) is 3.34. The van der Waals surface area contributed by atoms with Crippen LogP contribution in [0, 0.1) is 0 Å². The second-order valence-electron chi connectivity index (χ2n) is 3.80. The average molecular weight is 247 g/mol. The molecule has 0 atom stereocenters. The molecule has 0 aromatic carbocycles. The molecule has 0 heterocycles. The van der Waals surface area contributed by atoms with E-state index in [0.717, 1.165) is 19.5 Å². The highest BCUT2D eigenvalue weighted by Gasteiger charge is 2.08. The van der Waals surface area contributed by atoms with Gasteiger partial charge in [-0.1, -0.05) is 6.92 Å². The monoisotopic (exact) mass is 247 g/mol. The minimum Gasteiger partial charge on any atom is -0.466 e. The number of hydrogen-bond donors (Lipinski definition) is 0. The van der Waals surface area contributed by atoms with Crippen LogP contribution in [-0.2, 0) is 19.0 Å². The van der Waals surface area contributed by atoms with E-state index < -0.39 is 0 Å². The summed E-state index contributed by atoms with van der Waals surface area (Å²) in [5, 5.41) is 0. The van der Waals surface area contributed by atoms with Crippen molar-refractivity contribution in [3.05, 3.63) is 0 Å². The van der Waals surface area contributed by atoms with Crippen molar-refractivity contribution in [3.8, 4) is 0 Å². The van der Waals surface area contributed by atoms with Crippen LogP contribution in [-0.4, -0.2) is 64.5 Å². The van der Waals surface area contributed by atoms with E-state index in [-0.39, 0.29) is 5.97 Å². The molecule has 0 fully saturated rings. The van der Waals surface area contributed by atoms with Gasteiger partial charge in [0.1, 0.15) is 0 Å². The van der Waals surface area contributed by atoms with Crippen LogP contribution in [0.5, 0.6) is 0 Å². The van der Waals surface area contributed by atoms with Gasteiger partial charge in [0.05, 0.1) is 26.2 Å². The second kappa shape index (κ2) is 11.8. The summed E-state index contributed by atoms with van der Waals surface area (Å²) < 4.78 is 15.1. The van der Waals surface area contributed by atoms with Crippen molar-refractivity contribution < 1.29 is 19.0 Å². The van der Waals surface area contributed by atoms with Crippen molar-refractivity contribution in [2.45, 2.75) is 19.8 Å². The Labute approximate surface area is 104 Å². The third-order valence-corrected chi connectivity index (χ3v) is 2.32. The molecular weight excluding hydrogens is 222 g/mol. The molecule has 0 aromatic heterocycles. The Morgan fingerprint density at radius 1 is 1.00 bits per heavy atom. The van der Waals surface area contributed by atoms with Gasteiger partial charge >= 0.3 is 5.97 Å². The Morgan fingerprint density at radius 2 is 1.59 bits per heavy atom. The van der Waals surface area contributed by atoms with Gasteiger partial charge in [-0.25, -0.2) is 0 Å². The molecule has 0 aromatic rings. The van der Waals surface area contributed by atoms with Crippen LogP contribution < -0.4 is 0 Å². The summed E-state index contributed by atoms with van der Waals surface area (Å²) in [5.74, 6) is -0.133. The number of rotatable bonds is 11. The number of nitrogens with zero attached hydrogens (tertiary/aromatic N) is 1. The summed E-state index contributed by atoms with van der Waals surface area (Å²) >= 11 is 0. The molecule has 5 nitrogen and oxygen atoms in total. The van der Waals surface area contributed by atoms with E-state index in [1.165, 1.54) is 0 Å². The molecule has 0 spiro atoms. The Bertz CT molecular complexity index is 179. The highest BCUT2D eigenvalue weighted by atomic mass is 16.5. The first-order valence-corrected chi connectivity index (χ1v) is 6.10. The molecule has 102 valence electrons. The van der Waals surface area contributed by atoms with Crippen molar-refractivity contribution in [1.82, 2.24) is 4.90 Å². The summed E-state index contributed by atoms with van der Waals surface area (Å²) in [6, 6.07) is 0. The van der Waals surface area contributed by atoms with E-state index in [2.05, 4.69) is 4.90 Å². The van der Waals surface area contributed by atoms with Crippen molar-refractivity contribution in [2.75, 3.05) is 53.7 Å². The van der Waals surface area contributed by atoms with E-state index in [4.69, 9.17) is 14.2 Å². The highest BCUT2D eigenvalue weighted by Crippen LogP contribution is 1.95. The molecule has 0 aliphatic rings. The third kappa shape index (κ3) is 10.2. The lowest BCUT2D eigenvalue weighted by molar-refractivity contribution is -0.144.